The van der Waals surface area contributed by atoms with Crippen LogP contribution >= 0.6 is 0 Å². The SMILES string of the molecule is CC(C)(COCC(C)(COCC(F)(F)F)COS(=O)(=O)[O-])COS(C)(=O)=O.[NH4+]. The maximum atomic E-state index is 12.2. The zero-order valence-electron chi connectivity index (χ0n) is 16.4. The van der Waals surface area contributed by atoms with E-state index in [9.17, 15) is 34.6 Å². The van der Waals surface area contributed by atoms with Gasteiger partial charge in [0.2, 0.25) is 10.4 Å². The summed E-state index contributed by atoms with van der Waals surface area (Å²) in [6, 6.07) is 0. The van der Waals surface area contributed by atoms with Crippen molar-refractivity contribution >= 4 is 20.5 Å². The Morgan fingerprint density at radius 2 is 1.25 bits per heavy atom. The van der Waals surface area contributed by atoms with Crippen LogP contribution in [0.2, 0.25) is 0 Å². The first-order chi connectivity index (χ1) is 11.8. The lowest BCUT2D eigenvalue weighted by Crippen LogP contribution is -2.38. The quantitative estimate of drug-likeness (QED) is 0.242. The number of halogens is 3. The highest BCUT2D eigenvalue weighted by Crippen LogP contribution is 2.24. The van der Waals surface area contributed by atoms with E-state index in [1.165, 1.54) is 6.92 Å². The molecule has 28 heavy (non-hydrogen) atoms. The van der Waals surface area contributed by atoms with E-state index in [-0.39, 0.29) is 26.0 Å². The number of quaternary nitrogens is 1. The monoisotopic (exact) mass is 463 g/mol. The van der Waals surface area contributed by atoms with Gasteiger partial charge in [-0.25, -0.2) is 8.42 Å². The molecule has 15 heteroatoms. The molecule has 0 radical (unpaired) electrons. The van der Waals surface area contributed by atoms with Crippen LogP contribution in [0.1, 0.15) is 20.8 Å². The van der Waals surface area contributed by atoms with E-state index in [0.29, 0.717) is 0 Å². The summed E-state index contributed by atoms with van der Waals surface area (Å²) < 4.78 is 109. The van der Waals surface area contributed by atoms with Gasteiger partial charge in [0.25, 0.3) is 10.1 Å². The molecule has 0 aliphatic rings. The molecule has 0 aromatic rings. The summed E-state index contributed by atoms with van der Waals surface area (Å²) in [5.74, 6) is 0. The average Bonchev–Trinajstić information content (AvgIpc) is 2.40. The zero-order valence-corrected chi connectivity index (χ0v) is 18.0. The summed E-state index contributed by atoms with van der Waals surface area (Å²) >= 11 is 0. The molecule has 4 N–H and O–H groups in total. The van der Waals surface area contributed by atoms with Crippen LogP contribution in [-0.2, 0) is 38.4 Å². The van der Waals surface area contributed by atoms with Crippen LogP contribution in [0.3, 0.4) is 0 Å². The Hall–Kier alpha value is -0.550. The summed E-state index contributed by atoms with van der Waals surface area (Å²) in [6.07, 6.45) is -3.71. The number of ether oxygens (including phenoxy) is 2. The van der Waals surface area contributed by atoms with Gasteiger partial charge in [-0.1, -0.05) is 20.8 Å². The minimum atomic E-state index is -5.06. The standard InChI is InChI=1S/C13H25F3O9S2.H3N/c1-11(2,6-24-26(4,17)18)5-22-7-12(3,9-25-27(19,20)21)8-23-10-13(14,15)16;/h5-10H2,1-4H3,(H,19,20,21);1H3. The number of rotatable bonds is 13. The lowest BCUT2D eigenvalue weighted by molar-refractivity contribution is -0.184. The Labute approximate surface area is 163 Å². The van der Waals surface area contributed by atoms with Gasteiger partial charge in [-0.2, -0.15) is 21.6 Å². The molecule has 0 aromatic carbocycles. The third-order valence-electron chi connectivity index (χ3n) is 2.88. The first-order valence-electron chi connectivity index (χ1n) is 7.50. The molecule has 0 aliphatic heterocycles. The van der Waals surface area contributed by atoms with E-state index in [4.69, 9.17) is 4.74 Å². The fourth-order valence-corrected chi connectivity index (χ4v) is 2.60. The smallest absolute Gasteiger partial charge is 0.411 e. The summed E-state index contributed by atoms with van der Waals surface area (Å²) in [6.45, 7) is 1.04. The van der Waals surface area contributed by atoms with Crippen molar-refractivity contribution in [1.82, 2.24) is 6.15 Å². The van der Waals surface area contributed by atoms with Crippen molar-refractivity contribution in [2.24, 2.45) is 10.8 Å². The summed E-state index contributed by atoms with van der Waals surface area (Å²) in [7, 11) is -8.72. The Morgan fingerprint density at radius 1 is 0.786 bits per heavy atom. The zero-order chi connectivity index (χ0) is 21.6. The van der Waals surface area contributed by atoms with Crippen LogP contribution < -0.4 is 6.15 Å². The minimum Gasteiger partial charge on any atom is -0.726 e. The van der Waals surface area contributed by atoms with Crippen molar-refractivity contribution in [3.8, 4) is 0 Å². The molecular formula is C13H28F3NO9S2. The van der Waals surface area contributed by atoms with Gasteiger partial charge in [0.15, 0.2) is 0 Å². The van der Waals surface area contributed by atoms with Crippen molar-refractivity contribution in [3.05, 3.63) is 0 Å². The van der Waals surface area contributed by atoms with Gasteiger partial charge < -0.3 is 20.2 Å². The highest BCUT2D eigenvalue weighted by atomic mass is 32.3. The largest absolute Gasteiger partial charge is 0.726 e. The molecule has 0 amide bonds. The fourth-order valence-electron chi connectivity index (χ4n) is 1.63. The van der Waals surface area contributed by atoms with Crippen LogP contribution in [0.25, 0.3) is 0 Å². The third-order valence-corrected chi connectivity index (χ3v) is 3.83. The molecule has 0 saturated carbocycles. The average molecular weight is 463 g/mol. The molecule has 0 heterocycles. The summed E-state index contributed by atoms with van der Waals surface area (Å²) in [4.78, 5) is 0. The minimum absolute atomic E-state index is 0. The second kappa shape index (κ2) is 11.0. The van der Waals surface area contributed by atoms with E-state index < -0.39 is 57.3 Å². The summed E-state index contributed by atoms with van der Waals surface area (Å²) in [5.41, 5.74) is -2.15. The molecule has 0 rings (SSSR count). The highest BCUT2D eigenvalue weighted by Gasteiger charge is 2.33. The topological polar surface area (TPSA) is 165 Å². The third kappa shape index (κ3) is 17.5. The first-order valence-corrected chi connectivity index (χ1v) is 10.6. The van der Waals surface area contributed by atoms with E-state index in [1.807, 2.05) is 0 Å². The van der Waals surface area contributed by atoms with Crippen LogP contribution in [-0.4, -0.2) is 73.5 Å². The van der Waals surface area contributed by atoms with Crippen LogP contribution in [0, 0.1) is 10.8 Å². The predicted octanol–water partition coefficient (Wildman–Crippen LogP) is 1.44. The second-order valence-electron chi connectivity index (χ2n) is 7.21. The molecule has 1 atom stereocenters. The van der Waals surface area contributed by atoms with Crippen molar-refractivity contribution in [2.45, 2.75) is 26.9 Å². The first kappa shape index (κ1) is 29.6. The highest BCUT2D eigenvalue weighted by molar-refractivity contribution is 7.86. The van der Waals surface area contributed by atoms with Crippen LogP contribution in [0.4, 0.5) is 13.2 Å². The van der Waals surface area contributed by atoms with E-state index in [2.05, 4.69) is 13.1 Å². The second-order valence-corrected chi connectivity index (χ2v) is 9.91. The molecule has 0 aliphatic carbocycles. The molecule has 0 saturated heterocycles. The molecule has 1 unspecified atom stereocenters. The van der Waals surface area contributed by atoms with Gasteiger partial charge in [-0.15, -0.1) is 0 Å². The van der Waals surface area contributed by atoms with Crippen molar-refractivity contribution in [3.63, 3.8) is 0 Å². The molecule has 0 aromatic heterocycles. The molecule has 172 valence electrons. The normalized spacial score (nSPS) is 15.7. The van der Waals surface area contributed by atoms with Gasteiger partial charge in [0.05, 0.1) is 39.3 Å². The Bertz CT molecular complexity index is 665. The van der Waals surface area contributed by atoms with Gasteiger partial charge >= 0.3 is 6.18 Å². The Balaban J connectivity index is 0. The molecule has 0 fully saturated rings. The lowest BCUT2D eigenvalue weighted by atomic mass is 9.93. The maximum Gasteiger partial charge on any atom is 0.411 e. The molecule has 0 bridgehead atoms. The van der Waals surface area contributed by atoms with E-state index in [1.54, 1.807) is 13.8 Å². The molecule has 0 spiro atoms. The Kier molecular flexibility index (Phi) is 11.7. The van der Waals surface area contributed by atoms with Gasteiger partial charge in [0, 0.05) is 10.8 Å². The molecule has 10 nitrogen and oxygen atoms in total. The van der Waals surface area contributed by atoms with Gasteiger partial charge in [-0.05, 0) is 0 Å². The van der Waals surface area contributed by atoms with Gasteiger partial charge in [0.1, 0.15) is 6.61 Å². The van der Waals surface area contributed by atoms with Gasteiger partial charge in [-0.3, -0.25) is 8.37 Å². The molecular weight excluding hydrogens is 435 g/mol. The lowest BCUT2D eigenvalue weighted by Gasteiger charge is -2.31. The van der Waals surface area contributed by atoms with Crippen molar-refractivity contribution in [2.75, 3.05) is 45.9 Å². The number of hydrogen-bond acceptors (Lipinski definition) is 9. The van der Waals surface area contributed by atoms with Crippen LogP contribution in [0.15, 0.2) is 0 Å². The Morgan fingerprint density at radius 3 is 1.64 bits per heavy atom. The number of hydrogen-bond donors (Lipinski definition) is 1. The maximum absolute atomic E-state index is 12.2. The summed E-state index contributed by atoms with van der Waals surface area (Å²) in [5, 5.41) is 0. The van der Waals surface area contributed by atoms with Crippen LogP contribution in [0.5, 0.6) is 0 Å². The van der Waals surface area contributed by atoms with Crippen molar-refractivity contribution in [1.29, 1.82) is 0 Å². The fraction of sp³-hybridized carbons (Fsp3) is 1.00. The van der Waals surface area contributed by atoms with E-state index in [0.717, 1.165) is 6.26 Å². The number of alkyl halides is 3. The van der Waals surface area contributed by atoms with Crippen molar-refractivity contribution < 1.29 is 52.4 Å². The predicted molar refractivity (Wildman–Crippen MR) is 92.0 cm³/mol. The van der Waals surface area contributed by atoms with E-state index >= 15 is 0 Å².